The van der Waals surface area contributed by atoms with Crippen molar-refractivity contribution in [2.75, 3.05) is 6.54 Å². The van der Waals surface area contributed by atoms with Gasteiger partial charge in [-0.3, -0.25) is 4.79 Å². The quantitative estimate of drug-likeness (QED) is 0.730. The molecule has 0 bridgehead atoms. The molecule has 2 nitrogen and oxygen atoms in total. The molecule has 14 heavy (non-hydrogen) atoms. The van der Waals surface area contributed by atoms with Crippen molar-refractivity contribution in [3.8, 4) is 0 Å². The molecule has 0 radical (unpaired) electrons. The third kappa shape index (κ3) is 4.03. The predicted octanol–water partition coefficient (Wildman–Crippen LogP) is 1.89. The average Bonchev–Trinajstić information content (AvgIpc) is 2.12. The summed E-state index contributed by atoms with van der Waals surface area (Å²) in [6.45, 7) is 2.13. The van der Waals surface area contributed by atoms with Gasteiger partial charge in [-0.25, -0.2) is 4.39 Å². The second kappa shape index (κ2) is 5.37. The molecule has 1 aromatic carbocycles. The van der Waals surface area contributed by atoms with Gasteiger partial charge in [0.25, 0.3) is 0 Å². The lowest BCUT2D eigenvalue weighted by atomic mass is 10.1. The maximum Gasteiger partial charge on any atom is 0.216 e. The minimum Gasteiger partial charge on any atom is -0.356 e. The highest BCUT2D eigenvalue weighted by atomic mass is 19.1. The molecule has 1 aromatic rings. The summed E-state index contributed by atoms with van der Waals surface area (Å²) in [5.41, 5.74) is 0.968. The van der Waals surface area contributed by atoms with Crippen molar-refractivity contribution in [3.63, 3.8) is 0 Å². The summed E-state index contributed by atoms with van der Waals surface area (Å²) < 4.78 is 12.7. The fraction of sp³-hybridized carbons (Fsp3) is 0.364. The van der Waals surface area contributed by atoms with E-state index < -0.39 is 0 Å². The van der Waals surface area contributed by atoms with Gasteiger partial charge in [0.1, 0.15) is 5.82 Å². The van der Waals surface area contributed by atoms with Gasteiger partial charge in [-0.15, -0.1) is 0 Å². The van der Waals surface area contributed by atoms with Gasteiger partial charge in [-0.1, -0.05) is 12.1 Å². The van der Waals surface area contributed by atoms with Gasteiger partial charge >= 0.3 is 0 Å². The molecule has 0 heterocycles. The van der Waals surface area contributed by atoms with E-state index in [1.807, 2.05) is 6.07 Å². The molecule has 1 N–H and O–H groups in total. The first-order chi connectivity index (χ1) is 6.68. The minimum atomic E-state index is -0.206. The Hall–Kier alpha value is -1.38. The Labute approximate surface area is 83.1 Å². The summed E-state index contributed by atoms with van der Waals surface area (Å²) >= 11 is 0. The zero-order valence-corrected chi connectivity index (χ0v) is 8.22. The van der Waals surface area contributed by atoms with Crippen LogP contribution in [-0.2, 0) is 11.2 Å². The third-order valence-electron chi connectivity index (χ3n) is 1.91. The standard InChI is InChI=1S/C11H14FNO/c1-9(14)13-7-3-5-10-4-2-6-11(12)8-10/h2,4,6,8H,3,5,7H2,1H3,(H,13,14). The van der Waals surface area contributed by atoms with Crippen LogP contribution in [0.5, 0.6) is 0 Å². The number of benzene rings is 1. The molecule has 3 heteroatoms. The SMILES string of the molecule is CC(=O)NCCCc1cccc(F)c1. The second-order valence-electron chi connectivity index (χ2n) is 3.22. The van der Waals surface area contributed by atoms with Crippen LogP contribution in [0.1, 0.15) is 18.9 Å². The summed E-state index contributed by atoms with van der Waals surface area (Å²) in [6, 6.07) is 6.53. The molecule has 0 unspecified atom stereocenters. The fourth-order valence-electron chi connectivity index (χ4n) is 1.25. The number of nitrogens with one attached hydrogen (secondary N) is 1. The average molecular weight is 195 g/mol. The Morgan fingerprint density at radius 1 is 1.50 bits per heavy atom. The first-order valence-corrected chi connectivity index (χ1v) is 4.67. The first kappa shape index (κ1) is 10.7. The summed E-state index contributed by atoms with van der Waals surface area (Å²) in [7, 11) is 0. The van der Waals surface area contributed by atoms with Crippen LogP contribution in [0.25, 0.3) is 0 Å². The number of aryl methyl sites for hydroxylation is 1. The molecule has 76 valence electrons. The number of carbonyl (C=O) groups is 1. The lowest BCUT2D eigenvalue weighted by Gasteiger charge is -2.02. The van der Waals surface area contributed by atoms with E-state index in [0.717, 1.165) is 18.4 Å². The Balaban J connectivity index is 2.28. The van der Waals surface area contributed by atoms with Crippen LogP contribution in [0.3, 0.4) is 0 Å². The topological polar surface area (TPSA) is 29.1 Å². The van der Waals surface area contributed by atoms with Gasteiger partial charge in [0, 0.05) is 13.5 Å². The lowest BCUT2D eigenvalue weighted by Crippen LogP contribution is -2.21. The Bertz CT molecular complexity index is 312. The van der Waals surface area contributed by atoms with E-state index in [4.69, 9.17) is 0 Å². The van der Waals surface area contributed by atoms with Crippen LogP contribution in [0.2, 0.25) is 0 Å². The Morgan fingerprint density at radius 3 is 2.93 bits per heavy atom. The van der Waals surface area contributed by atoms with Crippen molar-refractivity contribution in [2.24, 2.45) is 0 Å². The zero-order valence-electron chi connectivity index (χ0n) is 8.22. The predicted molar refractivity (Wildman–Crippen MR) is 53.4 cm³/mol. The van der Waals surface area contributed by atoms with Crippen molar-refractivity contribution in [1.82, 2.24) is 5.32 Å². The number of hydrogen-bond donors (Lipinski definition) is 1. The van der Waals surface area contributed by atoms with Crippen molar-refractivity contribution in [2.45, 2.75) is 19.8 Å². The molecule has 1 rings (SSSR count). The van der Waals surface area contributed by atoms with E-state index in [1.165, 1.54) is 19.1 Å². The normalized spacial score (nSPS) is 9.86. The highest BCUT2D eigenvalue weighted by molar-refractivity contribution is 5.72. The number of amides is 1. The van der Waals surface area contributed by atoms with Crippen molar-refractivity contribution in [1.29, 1.82) is 0 Å². The van der Waals surface area contributed by atoms with Gasteiger partial charge in [0.2, 0.25) is 5.91 Å². The lowest BCUT2D eigenvalue weighted by molar-refractivity contribution is -0.118. The van der Waals surface area contributed by atoms with Crippen LogP contribution in [0, 0.1) is 5.82 Å². The van der Waals surface area contributed by atoms with E-state index in [-0.39, 0.29) is 11.7 Å². The summed E-state index contributed by atoms with van der Waals surface area (Å²) in [4.78, 5) is 10.5. The largest absolute Gasteiger partial charge is 0.356 e. The summed E-state index contributed by atoms with van der Waals surface area (Å²) in [5, 5.41) is 2.70. The zero-order chi connectivity index (χ0) is 10.4. The van der Waals surface area contributed by atoms with Crippen LogP contribution >= 0.6 is 0 Å². The molecule has 0 aliphatic heterocycles. The van der Waals surface area contributed by atoms with Crippen LogP contribution in [-0.4, -0.2) is 12.5 Å². The van der Waals surface area contributed by atoms with E-state index in [2.05, 4.69) is 5.32 Å². The number of carbonyl (C=O) groups excluding carboxylic acids is 1. The first-order valence-electron chi connectivity index (χ1n) is 4.67. The second-order valence-corrected chi connectivity index (χ2v) is 3.22. The molecular formula is C11H14FNO. The van der Waals surface area contributed by atoms with Crippen molar-refractivity contribution >= 4 is 5.91 Å². The van der Waals surface area contributed by atoms with Crippen LogP contribution in [0.4, 0.5) is 4.39 Å². The fourth-order valence-corrected chi connectivity index (χ4v) is 1.25. The van der Waals surface area contributed by atoms with Gasteiger partial charge in [0.05, 0.1) is 0 Å². The van der Waals surface area contributed by atoms with E-state index in [0.29, 0.717) is 6.54 Å². The number of rotatable bonds is 4. The maximum absolute atomic E-state index is 12.7. The van der Waals surface area contributed by atoms with Gasteiger partial charge in [0.15, 0.2) is 0 Å². The number of hydrogen-bond acceptors (Lipinski definition) is 1. The van der Waals surface area contributed by atoms with Crippen LogP contribution < -0.4 is 5.32 Å². The molecule has 0 aliphatic carbocycles. The Morgan fingerprint density at radius 2 is 2.29 bits per heavy atom. The van der Waals surface area contributed by atoms with Gasteiger partial charge in [-0.2, -0.15) is 0 Å². The van der Waals surface area contributed by atoms with E-state index in [9.17, 15) is 9.18 Å². The smallest absolute Gasteiger partial charge is 0.216 e. The summed E-state index contributed by atoms with van der Waals surface area (Å²) in [5.74, 6) is -0.230. The Kier molecular flexibility index (Phi) is 4.11. The molecule has 0 spiro atoms. The molecule has 0 saturated carbocycles. The molecule has 0 saturated heterocycles. The molecule has 0 fully saturated rings. The minimum absolute atomic E-state index is 0.0238. The van der Waals surface area contributed by atoms with E-state index >= 15 is 0 Å². The molecule has 0 aromatic heterocycles. The third-order valence-corrected chi connectivity index (χ3v) is 1.91. The van der Waals surface area contributed by atoms with Gasteiger partial charge < -0.3 is 5.32 Å². The molecular weight excluding hydrogens is 181 g/mol. The highest BCUT2D eigenvalue weighted by Crippen LogP contribution is 2.05. The monoisotopic (exact) mass is 195 g/mol. The van der Waals surface area contributed by atoms with Crippen LogP contribution in [0.15, 0.2) is 24.3 Å². The van der Waals surface area contributed by atoms with Crippen molar-refractivity contribution in [3.05, 3.63) is 35.6 Å². The molecule has 1 amide bonds. The highest BCUT2D eigenvalue weighted by Gasteiger charge is 1.95. The van der Waals surface area contributed by atoms with E-state index in [1.54, 1.807) is 6.07 Å². The molecule has 0 atom stereocenters. The van der Waals surface area contributed by atoms with Gasteiger partial charge in [-0.05, 0) is 30.5 Å². The maximum atomic E-state index is 12.7. The van der Waals surface area contributed by atoms with Crippen molar-refractivity contribution < 1.29 is 9.18 Å². The summed E-state index contributed by atoms with van der Waals surface area (Å²) in [6.07, 6.45) is 1.63. The molecule has 0 aliphatic rings. The number of halogens is 1.